The van der Waals surface area contributed by atoms with E-state index in [2.05, 4.69) is 10.6 Å². The number of fused-ring (bicyclic) bond motifs is 1. The van der Waals surface area contributed by atoms with Crippen molar-refractivity contribution in [1.82, 2.24) is 10.6 Å². The van der Waals surface area contributed by atoms with E-state index in [0.717, 1.165) is 29.0 Å². The standard InChI is InChI=1S/C13H16ClN3O2.ClH/c14-10-3-1-2-9-8(10)4-5-11(9)17-13(19)7-16-12(18)6-15;/h1-3,11H,4-7,15H2,(H,16,18)(H,17,19);1H. The number of carbonyl (C=O) groups excluding carboxylic acids is 2. The summed E-state index contributed by atoms with van der Waals surface area (Å²) in [7, 11) is 0. The number of carbonyl (C=O) groups is 2. The maximum atomic E-state index is 11.7. The Kier molecular flexibility index (Phi) is 6.26. The van der Waals surface area contributed by atoms with Crippen molar-refractivity contribution in [2.24, 2.45) is 5.73 Å². The third kappa shape index (κ3) is 3.85. The number of hydrogen-bond donors (Lipinski definition) is 3. The molecule has 2 amide bonds. The average Bonchev–Trinajstić information content (AvgIpc) is 2.81. The topological polar surface area (TPSA) is 84.2 Å². The van der Waals surface area contributed by atoms with Gasteiger partial charge in [-0.15, -0.1) is 12.4 Å². The van der Waals surface area contributed by atoms with E-state index in [1.165, 1.54) is 0 Å². The van der Waals surface area contributed by atoms with Crippen LogP contribution in [0.4, 0.5) is 0 Å². The smallest absolute Gasteiger partial charge is 0.239 e. The maximum absolute atomic E-state index is 11.7. The zero-order valence-electron chi connectivity index (χ0n) is 10.8. The third-order valence-corrected chi connectivity index (χ3v) is 3.53. The average molecular weight is 318 g/mol. The normalized spacial score (nSPS) is 16.0. The number of benzene rings is 1. The molecule has 2 rings (SSSR count). The van der Waals surface area contributed by atoms with Crippen molar-refractivity contribution < 1.29 is 9.59 Å². The van der Waals surface area contributed by atoms with Gasteiger partial charge in [0.2, 0.25) is 11.8 Å². The Morgan fingerprint density at radius 1 is 1.35 bits per heavy atom. The zero-order chi connectivity index (χ0) is 13.8. The lowest BCUT2D eigenvalue weighted by Gasteiger charge is -2.14. The fourth-order valence-electron chi connectivity index (χ4n) is 2.26. The second-order valence-electron chi connectivity index (χ2n) is 4.45. The van der Waals surface area contributed by atoms with Crippen molar-refractivity contribution in [1.29, 1.82) is 0 Å². The van der Waals surface area contributed by atoms with E-state index in [4.69, 9.17) is 17.3 Å². The number of amides is 2. The van der Waals surface area contributed by atoms with Crippen molar-refractivity contribution in [2.45, 2.75) is 18.9 Å². The Labute approximate surface area is 128 Å². The van der Waals surface area contributed by atoms with Gasteiger partial charge in [0.15, 0.2) is 0 Å². The fraction of sp³-hybridized carbons (Fsp3) is 0.385. The predicted molar refractivity (Wildman–Crippen MR) is 80.0 cm³/mol. The van der Waals surface area contributed by atoms with E-state index in [9.17, 15) is 9.59 Å². The molecule has 0 aromatic heterocycles. The highest BCUT2D eigenvalue weighted by Gasteiger charge is 2.25. The molecule has 0 bridgehead atoms. The van der Waals surface area contributed by atoms with Crippen molar-refractivity contribution in [3.63, 3.8) is 0 Å². The van der Waals surface area contributed by atoms with Crippen LogP contribution in [0.3, 0.4) is 0 Å². The van der Waals surface area contributed by atoms with Gasteiger partial charge in [0.25, 0.3) is 0 Å². The lowest BCUT2D eigenvalue weighted by Crippen LogP contribution is -2.40. The van der Waals surface area contributed by atoms with Crippen LogP contribution >= 0.6 is 24.0 Å². The molecule has 0 saturated heterocycles. The van der Waals surface area contributed by atoms with Crippen molar-refractivity contribution in [2.75, 3.05) is 13.1 Å². The van der Waals surface area contributed by atoms with E-state index < -0.39 is 0 Å². The molecule has 0 spiro atoms. The van der Waals surface area contributed by atoms with Crippen LogP contribution in [0.1, 0.15) is 23.6 Å². The van der Waals surface area contributed by atoms with Gasteiger partial charge in [-0.05, 0) is 30.0 Å². The van der Waals surface area contributed by atoms with Crippen LogP contribution in [-0.4, -0.2) is 24.9 Å². The minimum Gasteiger partial charge on any atom is -0.348 e. The van der Waals surface area contributed by atoms with Crippen molar-refractivity contribution >= 4 is 35.8 Å². The summed E-state index contributed by atoms with van der Waals surface area (Å²) in [4.78, 5) is 22.7. The van der Waals surface area contributed by atoms with Gasteiger partial charge in [0.1, 0.15) is 0 Å². The van der Waals surface area contributed by atoms with E-state index in [-0.39, 0.29) is 43.4 Å². The second kappa shape index (κ2) is 7.47. The van der Waals surface area contributed by atoms with E-state index in [1.807, 2.05) is 18.2 Å². The molecule has 20 heavy (non-hydrogen) atoms. The number of nitrogens with two attached hydrogens (primary N) is 1. The molecule has 0 saturated carbocycles. The summed E-state index contributed by atoms with van der Waals surface area (Å²) in [5.74, 6) is -0.565. The molecule has 1 aromatic carbocycles. The molecule has 0 heterocycles. The van der Waals surface area contributed by atoms with Crippen molar-refractivity contribution in [3.05, 3.63) is 34.3 Å². The molecule has 1 aromatic rings. The lowest BCUT2D eigenvalue weighted by molar-refractivity contribution is -0.125. The van der Waals surface area contributed by atoms with Crippen LogP contribution < -0.4 is 16.4 Å². The summed E-state index contributed by atoms with van der Waals surface area (Å²) in [6, 6.07) is 5.67. The minimum absolute atomic E-state index is 0. The summed E-state index contributed by atoms with van der Waals surface area (Å²) in [5.41, 5.74) is 7.30. The first-order valence-electron chi connectivity index (χ1n) is 6.15. The molecule has 5 nitrogen and oxygen atoms in total. The monoisotopic (exact) mass is 317 g/mol. The van der Waals surface area contributed by atoms with Crippen LogP contribution in [0, 0.1) is 0 Å². The van der Waals surface area contributed by atoms with Crippen LogP contribution in [0.5, 0.6) is 0 Å². The Morgan fingerprint density at radius 3 is 2.80 bits per heavy atom. The molecule has 7 heteroatoms. The van der Waals surface area contributed by atoms with Crippen LogP contribution in [0.15, 0.2) is 18.2 Å². The van der Waals surface area contributed by atoms with Crippen LogP contribution in [0.25, 0.3) is 0 Å². The summed E-state index contributed by atoms with van der Waals surface area (Å²) in [5, 5.41) is 6.07. The van der Waals surface area contributed by atoms with E-state index in [0.29, 0.717) is 0 Å². The maximum Gasteiger partial charge on any atom is 0.239 e. The number of rotatable bonds is 4. The largest absolute Gasteiger partial charge is 0.348 e. The van der Waals surface area contributed by atoms with Gasteiger partial charge in [-0.3, -0.25) is 9.59 Å². The molecule has 4 N–H and O–H groups in total. The highest BCUT2D eigenvalue weighted by molar-refractivity contribution is 6.31. The molecule has 1 unspecified atom stereocenters. The quantitative estimate of drug-likeness (QED) is 0.772. The molecule has 110 valence electrons. The van der Waals surface area contributed by atoms with E-state index in [1.54, 1.807) is 0 Å². The molecule has 1 aliphatic rings. The number of nitrogens with one attached hydrogen (secondary N) is 2. The van der Waals surface area contributed by atoms with Gasteiger partial charge < -0.3 is 16.4 Å². The predicted octanol–water partition coefficient (Wildman–Crippen LogP) is 0.940. The molecule has 1 atom stereocenters. The molecule has 0 aliphatic heterocycles. The second-order valence-corrected chi connectivity index (χ2v) is 4.85. The van der Waals surface area contributed by atoms with Gasteiger partial charge in [-0.25, -0.2) is 0 Å². The van der Waals surface area contributed by atoms with Gasteiger partial charge in [0.05, 0.1) is 19.1 Å². The summed E-state index contributed by atoms with van der Waals surface area (Å²) in [6.45, 7) is -0.169. The van der Waals surface area contributed by atoms with Crippen molar-refractivity contribution in [3.8, 4) is 0 Å². The number of hydrogen-bond acceptors (Lipinski definition) is 3. The fourth-order valence-corrected chi connectivity index (χ4v) is 2.53. The number of halogens is 2. The Hall–Kier alpha value is -1.30. The Morgan fingerprint density at radius 2 is 2.10 bits per heavy atom. The van der Waals surface area contributed by atoms with Crippen LogP contribution in [0.2, 0.25) is 5.02 Å². The first-order chi connectivity index (χ1) is 9.11. The first kappa shape index (κ1) is 16.8. The molecule has 0 radical (unpaired) electrons. The summed E-state index contributed by atoms with van der Waals surface area (Å²) < 4.78 is 0. The van der Waals surface area contributed by atoms with Crippen LogP contribution in [-0.2, 0) is 16.0 Å². The highest BCUT2D eigenvalue weighted by atomic mass is 35.5. The molecular formula is C13H17Cl2N3O2. The zero-order valence-corrected chi connectivity index (χ0v) is 12.4. The van der Waals surface area contributed by atoms with Gasteiger partial charge >= 0.3 is 0 Å². The SMILES string of the molecule is Cl.NCC(=O)NCC(=O)NC1CCc2c(Cl)cccc21. The third-order valence-electron chi connectivity index (χ3n) is 3.18. The van der Waals surface area contributed by atoms with E-state index >= 15 is 0 Å². The summed E-state index contributed by atoms with van der Waals surface area (Å²) >= 11 is 6.11. The summed E-state index contributed by atoms with van der Waals surface area (Å²) in [6.07, 6.45) is 1.69. The van der Waals surface area contributed by atoms with Gasteiger partial charge in [-0.2, -0.15) is 0 Å². The molecular weight excluding hydrogens is 301 g/mol. The Balaban J connectivity index is 0.00000200. The van der Waals surface area contributed by atoms with Gasteiger partial charge in [-0.1, -0.05) is 23.7 Å². The lowest BCUT2D eigenvalue weighted by atomic mass is 10.1. The van der Waals surface area contributed by atoms with Gasteiger partial charge in [0, 0.05) is 5.02 Å². The Bertz CT molecular complexity index is 508. The minimum atomic E-state index is -0.343. The molecule has 1 aliphatic carbocycles. The highest BCUT2D eigenvalue weighted by Crippen LogP contribution is 2.35. The molecule has 0 fully saturated rings. The first-order valence-corrected chi connectivity index (χ1v) is 6.53.